The van der Waals surface area contributed by atoms with Crippen molar-refractivity contribution in [2.24, 2.45) is 11.8 Å². The number of carbonyl (C=O) groups excluding carboxylic acids is 2. The van der Waals surface area contributed by atoms with Gasteiger partial charge in [0.05, 0.1) is 19.1 Å². The first-order valence-electron chi connectivity index (χ1n) is 12.7. The average molecular weight is 433 g/mol. The standard InChI is InChI=1S/C24H40N4O3/c1-25-12-6-19(7-13-25)28-16-18(14-22(29)26-8-2-3-9-26)24-20(28)17-31-21(24)15-23(30)27-10-4-5-11-27/h18-21,24H,2-17H2,1H3/t18-,20-,21+,24-/m1/s1. The zero-order chi connectivity index (χ0) is 21.4. The van der Waals surface area contributed by atoms with Gasteiger partial charge in [0.1, 0.15) is 0 Å². The van der Waals surface area contributed by atoms with Crippen molar-refractivity contribution in [3.8, 4) is 0 Å². The van der Waals surface area contributed by atoms with E-state index in [0.717, 1.165) is 78.1 Å². The molecule has 0 bridgehead atoms. The van der Waals surface area contributed by atoms with Crippen LogP contribution in [0.3, 0.4) is 0 Å². The van der Waals surface area contributed by atoms with Gasteiger partial charge in [-0.15, -0.1) is 0 Å². The molecular weight excluding hydrogens is 392 g/mol. The van der Waals surface area contributed by atoms with Gasteiger partial charge in [0.15, 0.2) is 0 Å². The molecule has 5 rings (SSSR count). The molecule has 7 nitrogen and oxygen atoms in total. The third kappa shape index (κ3) is 4.51. The van der Waals surface area contributed by atoms with E-state index in [2.05, 4.69) is 21.7 Å². The van der Waals surface area contributed by atoms with Crippen LogP contribution in [0.1, 0.15) is 51.4 Å². The van der Waals surface area contributed by atoms with Crippen molar-refractivity contribution in [1.82, 2.24) is 19.6 Å². The number of rotatable bonds is 5. The van der Waals surface area contributed by atoms with Crippen LogP contribution in [0.2, 0.25) is 0 Å². The summed E-state index contributed by atoms with van der Waals surface area (Å²) in [6, 6.07) is 0.966. The summed E-state index contributed by atoms with van der Waals surface area (Å²) < 4.78 is 6.31. The number of ether oxygens (including phenoxy) is 1. The van der Waals surface area contributed by atoms with Crippen molar-refractivity contribution in [2.45, 2.75) is 69.6 Å². The zero-order valence-electron chi connectivity index (χ0n) is 19.2. The quantitative estimate of drug-likeness (QED) is 0.658. The van der Waals surface area contributed by atoms with Crippen molar-refractivity contribution in [3.05, 3.63) is 0 Å². The van der Waals surface area contributed by atoms with E-state index >= 15 is 0 Å². The van der Waals surface area contributed by atoms with Gasteiger partial charge in [0.2, 0.25) is 11.8 Å². The van der Waals surface area contributed by atoms with Gasteiger partial charge < -0.3 is 19.4 Å². The minimum Gasteiger partial charge on any atom is -0.376 e. The third-order valence-corrected chi connectivity index (χ3v) is 8.66. The summed E-state index contributed by atoms with van der Waals surface area (Å²) >= 11 is 0. The second-order valence-corrected chi connectivity index (χ2v) is 10.6. The maximum Gasteiger partial charge on any atom is 0.225 e. The van der Waals surface area contributed by atoms with E-state index in [1.165, 1.54) is 12.8 Å². The maximum atomic E-state index is 13.0. The lowest BCUT2D eigenvalue weighted by molar-refractivity contribution is -0.133. The Morgan fingerprint density at radius 3 is 2.03 bits per heavy atom. The minimum absolute atomic E-state index is 0.0225. The van der Waals surface area contributed by atoms with Gasteiger partial charge >= 0.3 is 0 Å². The predicted octanol–water partition coefficient (Wildman–Crippen LogP) is 1.42. The second kappa shape index (κ2) is 9.36. The van der Waals surface area contributed by atoms with Gasteiger partial charge in [0, 0.05) is 57.1 Å². The number of fused-ring (bicyclic) bond motifs is 1. The summed E-state index contributed by atoms with van der Waals surface area (Å²) in [5, 5.41) is 0. The SMILES string of the molecule is CN1CCC(N2C[C@@H](CC(=O)N3CCCC3)[C@H]3[C@H](CC(=O)N4CCCC4)OC[C@H]32)CC1. The number of likely N-dealkylation sites (tertiary alicyclic amines) is 4. The summed E-state index contributed by atoms with van der Waals surface area (Å²) in [4.78, 5) is 35.1. The summed E-state index contributed by atoms with van der Waals surface area (Å²) in [5.41, 5.74) is 0. The highest BCUT2D eigenvalue weighted by Gasteiger charge is 2.53. The fourth-order valence-electron chi connectivity index (χ4n) is 6.88. The number of amides is 2. The molecule has 0 N–H and O–H groups in total. The molecular formula is C24H40N4O3. The Kier molecular flexibility index (Phi) is 6.54. The van der Waals surface area contributed by atoms with E-state index in [0.29, 0.717) is 42.7 Å². The van der Waals surface area contributed by atoms with Gasteiger partial charge in [-0.25, -0.2) is 0 Å². The molecule has 4 atom stereocenters. The smallest absolute Gasteiger partial charge is 0.225 e. The van der Waals surface area contributed by atoms with Crippen molar-refractivity contribution >= 4 is 11.8 Å². The van der Waals surface area contributed by atoms with Crippen LogP contribution in [0, 0.1) is 11.8 Å². The predicted molar refractivity (Wildman–Crippen MR) is 119 cm³/mol. The molecule has 5 aliphatic rings. The van der Waals surface area contributed by atoms with Crippen LogP contribution >= 0.6 is 0 Å². The highest BCUT2D eigenvalue weighted by molar-refractivity contribution is 5.78. The monoisotopic (exact) mass is 432 g/mol. The van der Waals surface area contributed by atoms with E-state index in [1.807, 2.05) is 4.90 Å². The largest absolute Gasteiger partial charge is 0.376 e. The molecule has 2 amide bonds. The molecule has 31 heavy (non-hydrogen) atoms. The molecule has 0 aromatic carbocycles. The Morgan fingerprint density at radius 2 is 1.42 bits per heavy atom. The van der Waals surface area contributed by atoms with Crippen molar-refractivity contribution in [2.75, 3.05) is 59.5 Å². The average Bonchev–Trinajstić information content (AvgIpc) is 3.56. The van der Waals surface area contributed by atoms with Crippen LogP contribution in [-0.2, 0) is 14.3 Å². The normalized spacial score (nSPS) is 35.3. The molecule has 5 fully saturated rings. The maximum absolute atomic E-state index is 13.0. The first kappa shape index (κ1) is 21.7. The fraction of sp³-hybridized carbons (Fsp3) is 0.917. The Hall–Kier alpha value is -1.18. The molecule has 5 heterocycles. The fourth-order valence-corrected chi connectivity index (χ4v) is 6.88. The molecule has 5 aliphatic heterocycles. The van der Waals surface area contributed by atoms with Crippen LogP contribution in [0.4, 0.5) is 0 Å². The van der Waals surface area contributed by atoms with E-state index in [1.54, 1.807) is 0 Å². The van der Waals surface area contributed by atoms with Crippen molar-refractivity contribution in [3.63, 3.8) is 0 Å². The van der Waals surface area contributed by atoms with Crippen LogP contribution in [0.5, 0.6) is 0 Å². The number of hydrogen-bond acceptors (Lipinski definition) is 5. The van der Waals surface area contributed by atoms with Crippen LogP contribution in [0.25, 0.3) is 0 Å². The number of piperidine rings is 1. The van der Waals surface area contributed by atoms with E-state index < -0.39 is 0 Å². The highest BCUT2D eigenvalue weighted by Crippen LogP contribution is 2.44. The zero-order valence-corrected chi connectivity index (χ0v) is 19.2. The van der Waals surface area contributed by atoms with E-state index in [4.69, 9.17) is 4.74 Å². The molecule has 0 aromatic rings. The first-order valence-corrected chi connectivity index (χ1v) is 12.7. The number of nitrogens with zero attached hydrogens (tertiary/aromatic N) is 4. The Balaban J connectivity index is 1.29. The van der Waals surface area contributed by atoms with E-state index in [9.17, 15) is 9.59 Å². The van der Waals surface area contributed by atoms with Crippen LogP contribution in [0.15, 0.2) is 0 Å². The Bertz CT molecular complexity index is 653. The van der Waals surface area contributed by atoms with Crippen LogP contribution < -0.4 is 0 Å². The van der Waals surface area contributed by atoms with Gasteiger partial charge in [0.25, 0.3) is 0 Å². The molecule has 5 saturated heterocycles. The molecule has 174 valence electrons. The lowest BCUT2D eigenvalue weighted by Gasteiger charge is -2.37. The molecule has 0 unspecified atom stereocenters. The molecule has 0 radical (unpaired) electrons. The molecule has 0 aliphatic carbocycles. The third-order valence-electron chi connectivity index (χ3n) is 8.66. The summed E-state index contributed by atoms with van der Waals surface area (Å²) in [6.45, 7) is 7.67. The van der Waals surface area contributed by atoms with Gasteiger partial charge in [-0.05, 0) is 64.6 Å². The molecule has 0 spiro atoms. The Labute approximate surface area is 187 Å². The van der Waals surface area contributed by atoms with Gasteiger partial charge in [-0.3, -0.25) is 14.5 Å². The highest BCUT2D eigenvalue weighted by atomic mass is 16.5. The molecule has 0 saturated carbocycles. The summed E-state index contributed by atoms with van der Waals surface area (Å²) in [5.74, 6) is 1.21. The van der Waals surface area contributed by atoms with Crippen LogP contribution in [-0.4, -0.2) is 109 Å². The van der Waals surface area contributed by atoms with E-state index in [-0.39, 0.29) is 12.0 Å². The number of hydrogen-bond donors (Lipinski definition) is 0. The lowest BCUT2D eigenvalue weighted by atomic mass is 9.84. The minimum atomic E-state index is -0.0225. The molecule has 0 aromatic heterocycles. The second-order valence-electron chi connectivity index (χ2n) is 10.6. The summed E-state index contributed by atoms with van der Waals surface area (Å²) in [7, 11) is 2.21. The topological polar surface area (TPSA) is 56.3 Å². The molecule has 7 heteroatoms. The van der Waals surface area contributed by atoms with Gasteiger partial charge in [-0.1, -0.05) is 0 Å². The van der Waals surface area contributed by atoms with Crippen molar-refractivity contribution < 1.29 is 14.3 Å². The van der Waals surface area contributed by atoms with Crippen molar-refractivity contribution in [1.29, 1.82) is 0 Å². The summed E-state index contributed by atoms with van der Waals surface area (Å²) in [6.07, 6.45) is 8.03. The lowest BCUT2D eigenvalue weighted by Crippen LogP contribution is -2.47. The van der Waals surface area contributed by atoms with Gasteiger partial charge in [-0.2, -0.15) is 0 Å². The first-order chi connectivity index (χ1) is 15.1. The number of carbonyl (C=O) groups is 2. The Morgan fingerprint density at radius 1 is 0.839 bits per heavy atom.